The zero-order valence-corrected chi connectivity index (χ0v) is 16.9. The van der Waals surface area contributed by atoms with E-state index >= 15 is 0 Å². The molecule has 6 heteroatoms. The molecule has 0 aliphatic carbocycles. The van der Waals surface area contributed by atoms with Crippen molar-refractivity contribution in [2.45, 2.75) is 52.1 Å². The molecule has 1 aromatic rings. The highest BCUT2D eigenvalue weighted by Gasteiger charge is 2.44. The maximum Gasteiger partial charge on any atom is 0.313 e. The van der Waals surface area contributed by atoms with Crippen LogP contribution in [0.1, 0.15) is 46.1 Å². The Balaban J connectivity index is 2.10. The van der Waals surface area contributed by atoms with Crippen LogP contribution in [0.3, 0.4) is 0 Å². The lowest BCUT2D eigenvalue weighted by Crippen LogP contribution is -2.54. The number of amides is 1. The molecule has 2 atom stereocenters. The summed E-state index contributed by atoms with van der Waals surface area (Å²) in [6, 6.07) is 7.74. The van der Waals surface area contributed by atoms with Crippen LogP contribution in [0.5, 0.6) is 5.75 Å². The molecule has 6 nitrogen and oxygen atoms in total. The molecule has 0 aromatic heterocycles. The zero-order chi connectivity index (χ0) is 20.2. The second kappa shape index (κ2) is 8.30. The fourth-order valence-electron chi connectivity index (χ4n) is 3.50. The van der Waals surface area contributed by atoms with Gasteiger partial charge in [-0.1, -0.05) is 32.9 Å². The van der Waals surface area contributed by atoms with Crippen LogP contribution in [-0.4, -0.2) is 54.8 Å². The van der Waals surface area contributed by atoms with Crippen LogP contribution < -0.4 is 4.74 Å². The first-order valence-corrected chi connectivity index (χ1v) is 9.37. The monoisotopic (exact) mass is 377 g/mol. The maximum atomic E-state index is 12.9. The summed E-state index contributed by atoms with van der Waals surface area (Å²) in [5, 5.41) is 9.65. The van der Waals surface area contributed by atoms with E-state index in [2.05, 4.69) is 20.8 Å². The van der Waals surface area contributed by atoms with Gasteiger partial charge < -0.3 is 19.5 Å². The molecule has 0 saturated carbocycles. The summed E-state index contributed by atoms with van der Waals surface area (Å²) in [6.07, 6.45) is 0.448. The Morgan fingerprint density at radius 3 is 2.63 bits per heavy atom. The first-order valence-electron chi connectivity index (χ1n) is 9.37. The van der Waals surface area contributed by atoms with Gasteiger partial charge in [0.1, 0.15) is 11.2 Å². The quantitative estimate of drug-likeness (QED) is 0.824. The Hall–Kier alpha value is -2.08. The number of aliphatic carboxylic acids is 1. The summed E-state index contributed by atoms with van der Waals surface area (Å²) in [7, 11) is 1.49. The fourth-order valence-corrected chi connectivity index (χ4v) is 3.50. The molecule has 1 saturated heterocycles. The molecule has 1 aromatic carbocycles. The van der Waals surface area contributed by atoms with Crippen molar-refractivity contribution < 1.29 is 24.2 Å². The number of piperidine rings is 1. The van der Waals surface area contributed by atoms with E-state index < -0.39 is 17.5 Å². The third-order valence-corrected chi connectivity index (χ3v) is 5.12. The minimum Gasteiger partial charge on any atom is -0.481 e. The highest BCUT2D eigenvalue weighted by atomic mass is 16.5. The van der Waals surface area contributed by atoms with Crippen LogP contribution in [0.4, 0.5) is 0 Å². The van der Waals surface area contributed by atoms with E-state index in [-0.39, 0.29) is 24.5 Å². The molecule has 0 radical (unpaired) electrons. The van der Waals surface area contributed by atoms with Crippen molar-refractivity contribution >= 4 is 11.9 Å². The predicted molar refractivity (Wildman–Crippen MR) is 103 cm³/mol. The molecule has 150 valence electrons. The van der Waals surface area contributed by atoms with Crippen molar-refractivity contribution in [2.24, 2.45) is 5.41 Å². The third-order valence-electron chi connectivity index (χ3n) is 5.12. The number of methoxy groups -OCH3 is 1. The molecule has 0 spiro atoms. The van der Waals surface area contributed by atoms with Gasteiger partial charge in [0.2, 0.25) is 0 Å². The summed E-state index contributed by atoms with van der Waals surface area (Å²) in [4.78, 5) is 26.2. The van der Waals surface area contributed by atoms with Gasteiger partial charge in [-0.15, -0.1) is 0 Å². The maximum absolute atomic E-state index is 12.9. The molecule has 1 N–H and O–H groups in total. The van der Waals surface area contributed by atoms with Gasteiger partial charge in [-0.25, -0.2) is 0 Å². The van der Waals surface area contributed by atoms with Crippen molar-refractivity contribution in [2.75, 3.05) is 26.8 Å². The first kappa shape index (κ1) is 21.2. The summed E-state index contributed by atoms with van der Waals surface area (Å²) < 4.78 is 11.0. The van der Waals surface area contributed by atoms with Gasteiger partial charge in [-0.2, -0.15) is 0 Å². The largest absolute Gasteiger partial charge is 0.481 e. The highest BCUT2D eigenvalue weighted by molar-refractivity contribution is 5.83. The topological polar surface area (TPSA) is 76.1 Å². The number of benzene rings is 1. The number of hydrogen-bond acceptors (Lipinski definition) is 4. The average molecular weight is 377 g/mol. The first-order chi connectivity index (χ1) is 12.6. The molecule has 2 unspecified atom stereocenters. The SMILES string of the molecule is COCC1(C(=O)O)CCCN(C(=O)C(C)Oc2cccc(C(C)(C)C)c2)C1. The summed E-state index contributed by atoms with van der Waals surface area (Å²) in [5.41, 5.74) is 0.0672. The van der Waals surface area contributed by atoms with Crippen LogP contribution in [0.15, 0.2) is 24.3 Å². The van der Waals surface area contributed by atoms with Gasteiger partial charge >= 0.3 is 5.97 Å². The zero-order valence-electron chi connectivity index (χ0n) is 16.9. The number of carbonyl (C=O) groups is 2. The van der Waals surface area contributed by atoms with E-state index in [4.69, 9.17) is 9.47 Å². The van der Waals surface area contributed by atoms with E-state index in [1.165, 1.54) is 7.11 Å². The molecule has 1 fully saturated rings. The molecular formula is C21H31NO5. The normalized spacial score (nSPS) is 21.6. The molecule has 1 aliphatic rings. The standard InChI is InChI=1S/C21H31NO5/c1-15(27-17-9-6-8-16(12-17)20(2,3)4)18(23)22-11-7-10-21(13-22,14-26-5)19(24)25/h6,8-9,12,15H,7,10-11,13-14H2,1-5H3,(H,24,25). The Bertz CT molecular complexity index is 677. The predicted octanol–water partition coefficient (Wildman–Crippen LogP) is 3.09. The number of rotatable bonds is 6. The van der Waals surface area contributed by atoms with E-state index in [1.54, 1.807) is 11.8 Å². The van der Waals surface area contributed by atoms with Crippen LogP contribution in [0.25, 0.3) is 0 Å². The van der Waals surface area contributed by atoms with Gasteiger partial charge in [0.15, 0.2) is 6.10 Å². The average Bonchev–Trinajstić information content (AvgIpc) is 2.61. The Labute approximate surface area is 161 Å². The molecule has 1 amide bonds. The van der Waals surface area contributed by atoms with Crippen LogP contribution >= 0.6 is 0 Å². The summed E-state index contributed by atoms with van der Waals surface area (Å²) >= 11 is 0. The fraction of sp³-hybridized carbons (Fsp3) is 0.619. The Morgan fingerprint density at radius 2 is 2.04 bits per heavy atom. The number of carboxylic acids is 1. The van der Waals surface area contributed by atoms with Gasteiger partial charge in [0.05, 0.1) is 6.61 Å². The highest BCUT2D eigenvalue weighted by Crippen LogP contribution is 2.32. The van der Waals surface area contributed by atoms with Crippen LogP contribution in [-0.2, 0) is 19.7 Å². The van der Waals surface area contributed by atoms with Crippen molar-refractivity contribution in [1.82, 2.24) is 4.90 Å². The molecule has 1 heterocycles. The molecular weight excluding hydrogens is 346 g/mol. The molecule has 27 heavy (non-hydrogen) atoms. The lowest BCUT2D eigenvalue weighted by Gasteiger charge is -2.40. The van der Waals surface area contributed by atoms with Gasteiger partial charge in [-0.05, 0) is 42.9 Å². The Morgan fingerprint density at radius 1 is 1.33 bits per heavy atom. The lowest BCUT2D eigenvalue weighted by atomic mass is 9.80. The smallest absolute Gasteiger partial charge is 0.313 e. The number of hydrogen-bond donors (Lipinski definition) is 1. The van der Waals surface area contributed by atoms with Gasteiger partial charge in [-0.3, -0.25) is 9.59 Å². The minimum atomic E-state index is -1.05. The Kier molecular flexibility index (Phi) is 6.52. The van der Waals surface area contributed by atoms with Crippen molar-refractivity contribution in [3.05, 3.63) is 29.8 Å². The molecule has 0 bridgehead atoms. The van der Waals surface area contributed by atoms with Crippen molar-refractivity contribution in [1.29, 1.82) is 0 Å². The van der Waals surface area contributed by atoms with E-state index in [0.29, 0.717) is 25.1 Å². The number of likely N-dealkylation sites (tertiary alicyclic amines) is 1. The van der Waals surface area contributed by atoms with Crippen molar-refractivity contribution in [3.63, 3.8) is 0 Å². The van der Waals surface area contributed by atoms with Crippen molar-refractivity contribution in [3.8, 4) is 5.75 Å². The van der Waals surface area contributed by atoms with Gasteiger partial charge in [0.25, 0.3) is 5.91 Å². The molecule has 2 rings (SSSR count). The minimum absolute atomic E-state index is 0.0132. The van der Waals surface area contributed by atoms with Crippen LogP contribution in [0.2, 0.25) is 0 Å². The summed E-state index contributed by atoms with van der Waals surface area (Å²) in [5.74, 6) is -0.479. The van der Waals surface area contributed by atoms with E-state index in [0.717, 1.165) is 5.56 Å². The van der Waals surface area contributed by atoms with E-state index in [9.17, 15) is 14.7 Å². The van der Waals surface area contributed by atoms with Gasteiger partial charge in [0, 0.05) is 20.2 Å². The lowest BCUT2D eigenvalue weighted by molar-refractivity contribution is -0.160. The third kappa shape index (κ3) is 5.01. The number of carbonyl (C=O) groups excluding carboxylic acids is 1. The summed E-state index contributed by atoms with van der Waals surface area (Å²) in [6.45, 7) is 8.84. The number of nitrogens with zero attached hydrogens (tertiary/aromatic N) is 1. The number of carboxylic acid groups (broad SMARTS) is 1. The molecule has 1 aliphatic heterocycles. The second-order valence-corrected chi connectivity index (χ2v) is 8.42. The number of ether oxygens (including phenoxy) is 2. The second-order valence-electron chi connectivity index (χ2n) is 8.42. The van der Waals surface area contributed by atoms with Crippen LogP contribution in [0, 0.1) is 5.41 Å². The van der Waals surface area contributed by atoms with E-state index in [1.807, 2.05) is 24.3 Å².